The largest absolute Gasteiger partial charge is 0.465 e. The summed E-state index contributed by atoms with van der Waals surface area (Å²) in [5.41, 5.74) is 3.41. The van der Waals surface area contributed by atoms with Gasteiger partial charge in [0.05, 0.1) is 23.6 Å². The fourth-order valence-electron chi connectivity index (χ4n) is 1.95. The molecule has 1 aromatic heterocycles. The van der Waals surface area contributed by atoms with Gasteiger partial charge in [0.1, 0.15) is 11.1 Å². The quantitative estimate of drug-likeness (QED) is 0.582. The molecule has 0 bridgehead atoms. The molecule has 0 atom stereocenters. The normalized spacial score (nSPS) is 10.5. The maximum atomic E-state index is 11.8. The first-order valence-electron chi connectivity index (χ1n) is 7.76. The highest BCUT2D eigenvalue weighted by Gasteiger charge is 2.11. The van der Waals surface area contributed by atoms with E-state index in [1.807, 2.05) is 51.1 Å². The lowest BCUT2D eigenvalue weighted by Crippen LogP contribution is -2.12. The Balaban J connectivity index is 2.13. The predicted octanol–water partition coefficient (Wildman–Crippen LogP) is 4.22. The van der Waals surface area contributed by atoms with Crippen LogP contribution >= 0.6 is 11.8 Å². The van der Waals surface area contributed by atoms with Gasteiger partial charge in [-0.3, -0.25) is 4.79 Å². The van der Waals surface area contributed by atoms with Gasteiger partial charge in [0.25, 0.3) is 0 Å². The monoisotopic (exact) mass is 340 g/mol. The molecule has 0 unspecified atom stereocenters. The van der Waals surface area contributed by atoms with Crippen molar-refractivity contribution in [2.45, 2.75) is 25.8 Å². The van der Waals surface area contributed by atoms with Crippen LogP contribution in [0.25, 0.3) is 11.3 Å². The Bertz CT molecular complexity index is 749. The van der Waals surface area contributed by atoms with Crippen molar-refractivity contribution >= 4 is 17.7 Å². The first-order valence-corrected chi connectivity index (χ1v) is 8.74. The summed E-state index contributed by atoms with van der Waals surface area (Å²) in [6, 6.07) is 13.7. The zero-order valence-electron chi connectivity index (χ0n) is 14.1. The number of nitriles is 1. The summed E-state index contributed by atoms with van der Waals surface area (Å²) in [5, 5.41) is 9.79. The number of ether oxygens (including phenoxy) is 1. The standard InChI is InChI=1S/C19H20N2O2S/c1-13(2)11-23-18(22)12-24-19-16(10-20)8-9-17(21-19)15-6-4-14(3)5-7-15/h4-9,13H,11-12H2,1-3H3. The first kappa shape index (κ1) is 18.0. The fourth-order valence-corrected chi connectivity index (χ4v) is 2.72. The lowest BCUT2D eigenvalue weighted by Gasteiger charge is -2.08. The third-order valence-electron chi connectivity index (χ3n) is 3.23. The lowest BCUT2D eigenvalue weighted by atomic mass is 10.1. The summed E-state index contributed by atoms with van der Waals surface area (Å²) in [5.74, 6) is 0.155. The molecule has 1 heterocycles. The Kier molecular flexibility index (Phi) is 6.39. The molecular formula is C19H20N2O2S. The van der Waals surface area contributed by atoms with E-state index in [9.17, 15) is 10.1 Å². The van der Waals surface area contributed by atoms with E-state index in [1.54, 1.807) is 6.07 Å². The first-order chi connectivity index (χ1) is 11.5. The van der Waals surface area contributed by atoms with Gasteiger partial charge in [-0.15, -0.1) is 0 Å². The molecule has 0 spiro atoms. The van der Waals surface area contributed by atoms with Crippen LogP contribution in [0.3, 0.4) is 0 Å². The van der Waals surface area contributed by atoms with E-state index in [1.165, 1.54) is 17.3 Å². The number of nitrogens with zero attached hydrogens (tertiary/aromatic N) is 2. The van der Waals surface area contributed by atoms with Gasteiger partial charge < -0.3 is 4.74 Å². The van der Waals surface area contributed by atoms with E-state index >= 15 is 0 Å². The number of aromatic nitrogens is 1. The molecular weight excluding hydrogens is 320 g/mol. The SMILES string of the molecule is Cc1ccc(-c2ccc(C#N)c(SCC(=O)OCC(C)C)n2)cc1. The summed E-state index contributed by atoms with van der Waals surface area (Å²) >= 11 is 1.24. The van der Waals surface area contributed by atoms with Crippen molar-refractivity contribution in [2.24, 2.45) is 5.92 Å². The van der Waals surface area contributed by atoms with Crippen molar-refractivity contribution in [3.63, 3.8) is 0 Å². The van der Waals surface area contributed by atoms with Gasteiger partial charge in [-0.1, -0.05) is 55.4 Å². The number of carbonyl (C=O) groups excluding carboxylic acids is 1. The molecule has 124 valence electrons. The Morgan fingerprint density at radius 2 is 1.96 bits per heavy atom. The van der Waals surface area contributed by atoms with Crippen molar-refractivity contribution < 1.29 is 9.53 Å². The molecule has 0 N–H and O–H groups in total. The summed E-state index contributed by atoms with van der Waals surface area (Å²) in [6.07, 6.45) is 0. The molecule has 0 aliphatic carbocycles. The zero-order chi connectivity index (χ0) is 17.5. The van der Waals surface area contributed by atoms with Gasteiger partial charge in [-0.25, -0.2) is 4.98 Å². The van der Waals surface area contributed by atoms with Crippen LogP contribution in [-0.4, -0.2) is 23.3 Å². The highest BCUT2D eigenvalue weighted by molar-refractivity contribution is 7.99. The molecule has 0 saturated heterocycles. The second kappa shape index (κ2) is 8.51. The number of hydrogen-bond acceptors (Lipinski definition) is 5. The molecule has 0 saturated carbocycles. The van der Waals surface area contributed by atoms with Crippen molar-refractivity contribution in [3.8, 4) is 17.3 Å². The third kappa shape index (κ3) is 5.10. The molecule has 0 fully saturated rings. The summed E-state index contributed by atoms with van der Waals surface area (Å²) in [4.78, 5) is 16.3. The van der Waals surface area contributed by atoms with Gasteiger partial charge in [0.2, 0.25) is 0 Å². The van der Waals surface area contributed by atoms with Crippen LogP contribution in [0.2, 0.25) is 0 Å². The average molecular weight is 340 g/mol. The highest BCUT2D eigenvalue weighted by Crippen LogP contribution is 2.25. The number of aryl methyl sites for hydroxylation is 1. The Morgan fingerprint density at radius 1 is 1.25 bits per heavy atom. The molecule has 0 amide bonds. The van der Waals surface area contributed by atoms with Crippen molar-refractivity contribution in [2.75, 3.05) is 12.4 Å². The Morgan fingerprint density at radius 3 is 2.58 bits per heavy atom. The number of hydrogen-bond donors (Lipinski definition) is 0. The molecule has 0 aliphatic heterocycles. The molecule has 0 radical (unpaired) electrons. The molecule has 1 aromatic carbocycles. The molecule has 2 rings (SSSR count). The van der Waals surface area contributed by atoms with Crippen molar-refractivity contribution in [3.05, 3.63) is 47.5 Å². The maximum Gasteiger partial charge on any atom is 0.316 e. The van der Waals surface area contributed by atoms with Crippen LogP contribution in [0.4, 0.5) is 0 Å². The van der Waals surface area contributed by atoms with Crippen LogP contribution in [0.15, 0.2) is 41.4 Å². The van der Waals surface area contributed by atoms with Crippen LogP contribution in [0.1, 0.15) is 25.0 Å². The minimum Gasteiger partial charge on any atom is -0.465 e. The molecule has 5 heteroatoms. The lowest BCUT2D eigenvalue weighted by molar-refractivity contribution is -0.141. The van der Waals surface area contributed by atoms with Crippen LogP contribution in [-0.2, 0) is 9.53 Å². The second-order valence-electron chi connectivity index (χ2n) is 5.89. The van der Waals surface area contributed by atoms with Crippen LogP contribution in [0, 0.1) is 24.2 Å². The van der Waals surface area contributed by atoms with E-state index in [0.717, 1.165) is 11.3 Å². The molecule has 2 aromatic rings. The van der Waals surface area contributed by atoms with Crippen molar-refractivity contribution in [1.82, 2.24) is 4.98 Å². The Hall–Kier alpha value is -2.32. The molecule has 0 aliphatic rings. The maximum absolute atomic E-state index is 11.8. The number of rotatable bonds is 6. The second-order valence-corrected chi connectivity index (χ2v) is 6.86. The van der Waals surface area contributed by atoms with Gasteiger partial charge in [-0.2, -0.15) is 5.26 Å². The van der Waals surface area contributed by atoms with Crippen LogP contribution < -0.4 is 0 Å². The highest BCUT2D eigenvalue weighted by atomic mass is 32.2. The smallest absolute Gasteiger partial charge is 0.316 e. The topological polar surface area (TPSA) is 63.0 Å². The summed E-state index contributed by atoms with van der Waals surface area (Å²) < 4.78 is 5.16. The van der Waals surface area contributed by atoms with Crippen molar-refractivity contribution in [1.29, 1.82) is 5.26 Å². The summed E-state index contributed by atoms with van der Waals surface area (Å²) in [7, 11) is 0. The minimum absolute atomic E-state index is 0.145. The minimum atomic E-state index is -0.292. The van der Waals surface area contributed by atoms with E-state index in [2.05, 4.69) is 11.1 Å². The van der Waals surface area contributed by atoms with Gasteiger partial charge in [0, 0.05) is 5.56 Å². The van der Waals surface area contributed by atoms with Crippen LogP contribution in [0.5, 0.6) is 0 Å². The molecule has 24 heavy (non-hydrogen) atoms. The van der Waals surface area contributed by atoms with E-state index in [-0.39, 0.29) is 11.7 Å². The van der Waals surface area contributed by atoms with Gasteiger partial charge >= 0.3 is 5.97 Å². The van der Waals surface area contributed by atoms with E-state index < -0.39 is 0 Å². The third-order valence-corrected chi connectivity index (χ3v) is 4.20. The number of pyridine rings is 1. The number of benzene rings is 1. The number of esters is 1. The predicted molar refractivity (Wildman–Crippen MR) is 95.6 cm³/mol. The summed E-state index contributed by atoms with van der Waals surface area (Å²) in [6.45, 7) is 6.41. The van der Waals surface area contributed by atoms with Gasteiger partial charge in [0.15, 0.2) is 0 Å². The molecule has 4 nitrogen and oxygen atoms in total. The van der Waals surface area contributed by atoms with E-state index in [0.29, 0.717) is 23.1 Å². The van der Waals surface area contributed by atoms with E-state index in [4.69, 9.17) is 4.74 Å². The fraction of sp³-hybridized carbons (Fsp3) is 0.316. The number of carbonyl (C=O) groups is 1. The number of thioether (sulfide) groups is 1. The average Bonchev–Trinajstić information content (AvgIpc) is 2.58. The Labute approximate surface area is 146 Å². The van der Waals surface area contributed by atoms with Gasteiger partial charge in [-0.05, 0) is 25.0 Å². The zero-order valence-corrected chi connectivity index (χ0v) is 14.9.